The van der Waals surface area contributed by atoms with Crippen molar-refractivity contribution < 1.29 is 32.5 Å². The second-order valence-electron chi connectivity index (χ2n) is 7.51. The summed E-state index contributed by atoms with van der Waals surface area (Å²) in [4.78, 5) is 24.6. The molecule has 0 saturated carbocycles. The fourth-order valence-corrected chi connectivity index (χ4v) is 3.99. The number of carboxylic acid groups (broad SMARTS) is 1. The zero-order valence-corrected chi connectivity index (χ0v) is 17.7. The van der Waals surface area contributed by atoms with Gasteiger partial charge in [0, 0.05) is 17.2 Å². The van der Waals surface area contributed by atoms with E-state index in [1.807, 2.05) is 0 Å². The van der Waals surface area contributed by atoms with Crippen molar-refractivity contribution in [2.45, 2.75) is 25.4 Å². The third-order valence-corrected chi connectivity index (χ3v) is 5.56. The number of ether oxygens (including phenoxy) is 2. The molecule has 0 fully saturated rings. The van der Waals surface area contributed by atoms with Gasteiger partial charge < -0.3 is 14.6 Å². The normalized spacial score (nSPS) is 13.0. The fraction of sp³-hybridized carbons (Fsp3) is 0.261. The molecule has 0 unspecified atom stereocenters. The molecule has 0 atom stereocenters. The highest BCUT2D eigenvalue weighted by Gasteiger charge is 2.36. The van der Waals surface area contributed by atoms with Gasteiger partial charge in [-0.2, -0.15) is 23.0 Å². The summed E-state index contributed by atoms with van der Waals surface area (Å²) in [6, 6.07) is 7.25. The van der Waals surface area contributed by atoms with Gasteiger partial charge in [0.05, 0.1) is 36.7 Å². The first-order valence-electron chi connectivity index (χ1n) is 9.97. The number of carbonyl (C=O) groups is 1. The van der Waals surface area contributed by atoms with Gasteiger partial charge in [-0.15, -0.1) is 0 Å². The third-order valence-electron chi connectivity index (χ3n) is 5.56. The number of benzene rings is 2. The van der Waals surface area contributed by atoms with Crippen molar-refractivity contribution in [1.29, 1.82) is 0 Å². The first-order valence-corrected chi connectivity index (χ1v) is 9.97. The summed E-state index contributed by atoms with van der Waals surface area (Å²) in [7, 11) is 2.93. The van der Waals surface area contributed by atoms with Crippen molar-refractivity contribution in [2.75, 3.05) is 14.2 Å². The Morgan fingerprint density at radius 2 is 1.67 bits per heavy atom. The highest BCUT2D eigenvalue weighted by atomic mass is 19.4. The molecule has 1 N–H and O–H groups in total. The van der Waals surface area contributed by atoms with E-state index in [9.17, 15) is 27.9 Å². The molecule has 7 nitrogen and oxygen atoms in total. The van der Waals surface area contributed by atoms with E-state index < -0.39 is 34.5 Å². The Hall–Kier alpha value is -3.82. The first-order chi connectivity index (χ1) is 15.6. The maximum Gasteiger partial charge on any atom is 0.418 e. The average molecular weight is 460 g/mol. The summed E-state index contributed by atoms with van der Waals surface area (Å²) >= 11 is 0. The molecule has 1 aliphatic rings. The Labute approximate surface area is 186 Å². The van der Waals surface area contributed by atoms with E-state index in [0.29, 0.717) is 63.9 Å². The van der Waals surface area contributed by atoms with Gasteiger partial charge in [-0.3, -0.25) is 4.79 Å². The smallest absolute Gasteiger partial charge is 0.418 e. The summed E-state index contributed by atoms with van der Waals surface area (Å²) in [6.07, 6.45) is -3.27. The van der Waals surface area contributed by atoms with Gasteiger partial charge in [-0.25, -0.2) is 4.79 Å². The quantitative estimate of drug-likeness (QED) is 0.616. The van der Waals surface area contributed by atoms with Crippen LogP contribution in [0.1, 0.15) is 33.5 Å². The van der Waals surface area contributed by atoms with Gasteiger partial charge in [0.15, 0.2) is 0 Å². The van der Waals surface area contributed by atoms with Gasteiger partial charge in [-0.05, 0) is 55.2 Å². The summed E-state index contributed by atoms with van der Waals surface area (Å²) in [6.45, 7) is 0. The highest BCUT2D eigenvalue weighted by Crippen LogP contribution is 2.37. The molecule has 10 heteroatoms. The number of carboxylic acids is 1. The van der Waals surface area contributed by atoms with Gasteiger partial charge >= 0.3 is 12.1 Å². The van der Waals surface area contributed by atoms with Crippen molar-refractivity contribution in [1.82, 2.24) is 9.78 Å². The third kappa shape index (κ3) is 4.04. The molecule has 0 saturated heterocycles. The van der Waals surface area contributed by atoms with Crippen LogP contribution in [0.3, 0.4) is 0 Å². The van der Waals surface area contributed by atoms with Crippen molar-refractivity contribution in [3.05, 3.63) is 69.0 Å². The van der Waals surface area contributed by atoms with E-state index >= 15 is 0 Å². The monoisotopic (exact) mass is 460 g/mol. The molecule has 0 spiro atoms. The summed E-state index contributed by atoms with van der Waals surface area (Å²) in [5.74, 6) is -0.532. The molecular weight excluding hydrogens is 441 g/mol. The molecule has 2 aromatic carbocycles. The molecule has 1 aromatic heterocycles. The lowest BCUT2D eigenvalue weighted by Crippen LogP contribution is -2.28. The molecular formula is C23H19F3N2O5. The Bertz CT molecular complexity index is 1290. The lowest BCUT2D eigenvalue weighted by atomic mass is 10.0. The first kappa shape index (κ1) is 22.4. The predicted molar refractivity (Wildman–Crippen MR) is 112 cm³/mol. The molecule has 1 aliphatic carbocycles. The van der Waals surface area contributed by atoms with Crippen LogP contribution in [0.25, 0.3) is 16.9 Å². The lowest BCUT2D eigenvalue weighted by Gasteiger charge is -2.18. The van der Waals surface area contributed by atoms with E-state index in [-0.39, 0.29) is 0 Å². The van der Waals surface area contributed by atoms with Crippen LogP contribution >= 0.6 is 0 Å². The topological polar surface area (TPSA) is 90.7 Å². The SMILES string of the molecule is COc1cc(OC)cc(-c2nn(-c3cc(C(=O)O)ccc3C(F)(F)F)c(=O)c3c2CCC3)c1. The maximum atomic E-state index is 13.8. The number of methoxy groups -OCH3 is 2. The maximum absolute atomic E-state index is 13.8. The van der Waals surface area contributed by atoms with Crippen LogP contribution in [0.5, 0.6) is 11.5 Å². The van der Waals surface area contributed by atoms with Crippen molar-refractivity contribution in [2.24, 2.45) is 0 Å². The van der Waals surface area contributed by atoms with E-state index in [0.717, 1.165) is 12.1 Å². The van der Waals surface area contributed by atoms with E-state index in [1.165, 1.54) is 14.2 Å². The Morgan fingerprint density at radius 3 is 2.24 bits per heavy atom. The van der Waals surface area contributed by atoms with Gasteiger partial charge in [0.25, 0.3) is 5.56 Å². The number of nitrogens with zero attached hydrogens (tertiary/aromatic N) is 2. The van der Waals surface area contributed by atoms with Crippen LogP contribution in [0.4, 0.5) is 13.2 Å². The predicted octanol–water partition coefficient (Wildman–Crippen LogP) is 4.12. The average Bonchev–Trinajstić information content (AvgIpc) is 3.28. The van der Waals surface area contributed by atoms with Crippen molar-refractivity contribution >= 4 is 5.97 Å². The minimum Gasteiger partial charge on any atom is -0.497 e. The number of fused-ring (bicyclic) bond motifs is 1. The van der Waals surface area contributed by atoms with Crippen LogP contribution in [-0.2, 0) is 19.0 Å². The number of aromatic nitrogens is 2. The van der Waals surface area contributed by atoms with Crippen LogP contribution in [0.2, 0.25) is 0 Å². The zero-order valence-electron chi connectivity index (χ0n) is 17.7. The second kappa shape index (κ2) is 8.27. The lowest BCUT2D eigenvalue weighted by molar-refractivity contribution is -0.137. The van der Waals surface area contributed by atoms with E-state index in [2.05, 4.69) is 5.10 Å². The standard InChI is InChI=1S/C23H19F3N2O5/c1-32-14-8-13(9-15(11-14)33-2)20-16-4-3-5-17(16)21(29)28(27-20)19-10-12(22(30)31)6-7-18(19)23(24,25)26/h6-11H,3-5H2,1-2H3,(H,30,31). The van der Waals surface area contributed by atoms with Crippen LogP contribution in [0.15, 0.2) is 41.2 Å². The molecule has 0 aliphatic heterocycles. The Balaban J connectivity index is 2.05. The van der Waals surface area contributed by atoms with Gasteiger partial charge in [-0.1, -0.05) is 0 Å². The van der Waals surface area contributed by atoms with E-state index in [1.54, 1.807) is 18.2 Å². The Kier molecular flexibility index (Phi) is 5.61. The fourth-order valence-electron chi connectivity index (χ4n) is 3.99. The minimum atomic E-state index is -4.83. The molecule has 4 rings (SSSR count). The molecule has 3 aromatic rings. The van der Waals surface area contributed by atoms with E-state index in [4.69, 9.17) is 9.47 Å². The molecule has 0 amide bonds. The highest BCUT2D eigenvalue weighted by molar-refractivity contribution is 5.88. The number of hydrogen-bond acceptors (Lipinski definition) is 5. The second-order valence-corrected chi connectivity index (χ2v) is 7.51. The number of halogens is 3. The molecule has 0 radical (unpaired) electrons. The van der Waals surface area contributed by atoms with Crippen LogP contribution in [0, 0.1) is 0 Å². The molecule has 1 heterocycles. The largest absolute Gasteiger partial charge is 0.497 e. The number of hydrogen-bond donors (Lipinski definition) is 1. The minimum absolute atomic E-state index is 0.313. The summed E-state index contributed by atoms with van der Waals surface area (Å²) in [5, 5.41) is 13.6. The molecule has 0 bridgehead atoms. The van der Waals surface area contributed by atoms with Crippen molar-refractivity contribution in [3.63, 3.8) is 0 Å². The summed E-state index contributed by atoms with van der Waals surface area (Å²) < 4.78 is 52.5. The van der Waals surface area contributed by atoms with Crippen molar-refractivity contribution in [3.8, 4) is 28.4 Å². The number of rotatable bonds is 5. The van der Waals surface area contributed by atoms with Crippen LogP contribution in [-0.4, -0.2) is 35.1 Å². The molecule has 33 heavy (non-hydrogen) atoms. The van der Waals surface area contributed by atoms with Gasteiger partial charge in [0.2, 0.25) is 0 Å². The summed E-state index contributed by atoms with van der Waals surface area (Å²) in [5.41, 5.74) is -1.07. The van der Waals surface area contributed by atoms with Crippen LogP contribution < -0.4 is 15.0 Å². The number of alkyl halides is 3. The van der Waals surface area contributed by atoms with Gasteiger partial charge in [0.1, 0.15) is 11.5 Å². The Morgan fingerprint density at radius 1 is 1.03 bits per heavy atom. The number of aromatic carboxylic acids is 1. The molecule has 172 valence electrons. The zero-order chi connectivity index (χ0) is 23.9.